The molecule has 3 unspecified atom stereocenters. The van der Waals surface area contributed by atoms with E-state index < -0.39 is 12.0 Å². The predicted molar refractivity (Wildman–Crippen MR) is 64.5 cm³/mol. The smallest absolute Gasteiger partial charge is 0.322 e. The standard InChI is InChI=1S/C12H24N2O2/c1-9-5-4-6-10(7-9)14(3)8-11(13-2)12(15)16/h9-11,13H,4-8H2,1-3H3,(H,15,16). The molecule has 16 heavy (non-hydrogen) atoms. The van der Waals surface area contributed by atoms with Crippen LogP contribution in [0.15, 0.2) is 0 Å². The van der Waals surface area contributed by atoms with Crippen LogP contribution in [0.1, 0.15) is 32.6 Å². The molecule has 0 aromatic heterocycles. The Labute approximate surface area is 98.0 Å². The highest BCUT2D eigenvalue weighted by Gasteiger charge is 2.25. The van der Waals surface area contributed by atoms with Crippen LogP contribution in [0.2, 0.25) is 0 Å². The summed E-state index contributed by atoms with van der Waals surface area (Å²) in [5.74, 6) is 0.0114. The third kappa shape index (κ3) is 3.76. The van der Waals surface area contributed by atoms with Crippen LogP contribution in [-0.4, -0.2) is 48.7 Å². The lowest BCUT2D eigenvalue weighted by Gasteiger charge is -2.35. The lowest BCUT2D eigenvalue weighted by Crippen LogP contribution is -2.47. The Balaban J connectivity index is 2.43. The summed E-state index contributed by atoms with van der Waals surface area (Å²) >= 11 is 0. The summed E-state index contributed by atoms with van der Waals surface area (Å²) in [6.07, 6.45) is 5.00. The Morgan fingerprint density at radius 2 is 2.25 bits per heavy atom. The fourth-order valence-electron chi connectivity index (χ4n) is 2.53. The summed E-state index contributed by atoms with van der Waals surface area (Å²) in [4.78, 5) is 13.1. The Hall–Kier alpha value is -0.610. The van der Waals surface area contributed by atoms with E-state index in [1.807, 2.05) is 7.05 Å². The topological polar surface area (TPSA) is 52.6 Å². The van der Waals surface area contributed by atoms with Crippen molar-refractivity contribution in [2.24, 2.45) is 5.92 Å². The van der Waals surface area contributed by atoms with Crippen LogP contribution in [0.3, 0.4) is 0 Å². The minimum absolute atomic E-state index is 0.456. The van der Waals surface area contributed by atoms with Crippen LogP contribution < -0.4 is 5.32 Å². The van der Waals surface area contributed by atoms with Gasteiger partial charge in [0.1, 0.15) is 6.04 Å². The quantitative estimate of drug-likeness (QED) is 0.741. The summed E-state index contributed by atoms with van der Waals surface area (Å²) in [6, 6.07) is 0.0983. The lowest BCUT2D eigenvalue weighted by molar-refractivity contribution is -0.139. The highest BCUT2D eigenvalue weighted by molar-refractivity contribution is 5.73. The Kier molecular flexibility index (Phi) is 5.22. The zero-order valence-electron chi connectivity index (χ0n) is 10.6. The summed E-state index contributed by atoms with van der Waals surface area (Å²) in [5.41, 5.74) is 0. The number of likely N-dealkylation sites (N-methyl/N-ethyl adjacent to an activating group) is 2. The minimum Gasteiger partial charge on any atom is -0.480 e. The van der Waals surface area contributed by atoms with Crippen LogP contribution >= 0.6 is 0 Å². The fraction of sp³-hybridized carbons (Fsp3) is 0.917. The largest absolute Gasteiger partial charge is 0.480 e. The molecule has 94 valence electrons. The zero-order chi connectivity index (χ0) is 12.1. The predicted octanol–water partition coefficient (Wildman–Crippen LogP) is 1.17. The second-order valence-electron chi connectivity index (χ2n) is 5.04. The van der Waals surface area contributed by atoms with Crippen molar-refractivity contribution < 1.29 is 9.90 Å². The van der Waals surface area contributed by atoms with E-state index >= 15 is 0 Å². The average Bonchev–Trinajstić information content (AvgIpc) is 2.25. The van der Waals surface area contributed by atoms with Crippen molar-refractivity contribution in [3.8, 4) is 0 Å². The number of carboxylic acids is 1. The molecule has 4 heteroatoms. The van der Waals surface area contributed by atoms with Gasteiger partial charge in [-0.25, -0.2) is 0 Å². The molecule has 0 aromatic carbocycles. The first-order valence-electron chi connectivity index (χ1n) is 6.15. The Morgan fingerprint density at radius 3 is 2.75 bits per heavy atom. The molecule has 1 aliphatic carbocycles. The van der Waals surface area contributed by atoms with Crippen LogP contribution in [0.4, 0.5) is 0 Å². The molecule has 0 saturated heterocycles. The van der Waals surface area contributed by atoms with Crippen LogP contribution in [0, 0.1) is 5.92 Å². The van der Waals surface area contributed by atoms with Crippen molar-refractivity contribution in [3.63, 3.8) is 0 Å². The SMILES string of the molecule is CNC(CN(C)C1CCCC(C)C1)C(=O)O. The van der Waals surface area contributed by atoms with Gasteiger partial charge >= 0.3 is 5.97 Å². The van der Waals surface area contributed by atoms with Gasteiger partial charge in [-0.2, -0.15) is 0 Å². The number of aliphatic carboxylic acids is 1. The average molecular weight is 228 g/mol. The minimum atomic E-state index is -0.766. The number of carbonyl (C=O) groups is 1. The molecule has 2 N–H and O–H groups in total. The molecule has 0 aliphatic heterocycles. The molecule has 1 rings (SSSR count). The molecular weight excluding hydrogens is 204 g/mol. The van der Waals surface area contributed by atoms with E-state index in [1.165, 1.54) is 25.7 Å². The van der Waals surface area contributed by atoms with Gasteiger partial charge in [-0.3, -0.25) is 4.79 Å². The Morgan fingerprint density at radius 1 is 1.56 bits per heavy atom. The molecule has 0 radical (unpaired) electrons. The van der Waals surface area contributed by atoms with E-state index in [0.29, 0.717) is 12.6 Å². The molecule has 0 spiro atoms. The second kappa shape index (κ2) is 6.21. The molecule has 3 atom stereocenters. The number of hydrogen-bond acceptors (Lipinski definition) is 3. The Bertz CT molecular complexity index is 233. The van der Waals surface area contributed by atoms with Crippen molar-refractivity contribution in [2.75, 3.05) is 20.6 Å². The van der Waals surface area contributed by atoms with Crippen molar-refractivity contribution in [1.29, 1.82) is 0 Å². The monoisotopic (exact) mass is 228 g/mol. The van der Waals surface area contributed by atoms with Gasteiger partial charge in [0.05, 0.1) is 0 Å². The van der Waals surface area contributed by atoms with Gasteiger partial charge in [0, 0.05) is 12.6 Å². The van der Waals surface area contributed by atoms with Gasteiger partial charge in [0.25, 0.3) is 0 Å². The van der Waals surface area contributed by atoms with Crippen molar-refractivity contribution >= 4 is 5.97 Å². The number of nitrogens with zero attached hydrogens (tertiary/aromatic N) is 1. The van der Waals surface area contributed by atoms with Crippen LogP contribution in [0.25, 0.3) is 0 Å². The first-order chi connectivity index (χ1) is 7.54. The van der Waals surface area contributed by atoms with E-state index in [1.54, 1.807) is 7.05 Å². The highest BCUT2D eigenvalue weighted by Crippen LogP contribution is 2.26. The van der Waals surface area contributed by atoms with Gasteiger partial charge in [-0.1, -0.05) is 19.8 Å². The second-order valence-corrected chi connectivity index (χ2v) is 5.04. The van der Waals surface area contributed by atoms with E-state index in [9.17, 15) is 4.79 Å². The first-order valence-corrected chi connectivity index (χ1v) is 6.15. The maximum absolute atomic E-state index is 10.9. The van der Waals surface area contributed by atoms with E-state index in [-0.39, 0.29) is 0 Å². The van der Waals surface area contributed by atoms with Gasteiger partial charge in [-0.05, 0) is 32.9 Å². The third-order valence-corrected chi connectivity index (χ3v) is 3.65. The number of hydrogen-bond donors (Lipinski definition) is 2. The molecule has 4 nitrogen and oxygen atoms in total. The van der Waals surface area contributed by atoms with Crippen LogP contribution in [0.5, 0.6) is 0 Å². The molecule has 0 heterocycles. The number of nitrogens with one attached hydrogen (secondary N) is 1. The van der Waals surface area contributed by atoms with Gasteiger partial charge < -0.3 is 15.3 Å². The maximum Gasteiger partial charge on any atom is 0.322 e. The van der Waals surface area contributed by atoms with E-state index in [4.69, 9.17) is 5.11 Å². The van der Waals surface area contributed by atoms with E-state index in [0.717, 1.165) is 5.92 Å². The first kappa shape index (κ1) is 13.5. The van der Waals surface area contributed by atoms with Crippen molar-refractivity contribution in [1.82, 2.24) is 10.2 Å². The lowest BCUT2D eigenvalue weighted by atomic mass is 9.86. The summed E-state index contributed by atoms with van der Waals surface area (Å²) in [5, 5.41) is 11.8. The molecular formula is C12H24N2O2. The summed E-state index contributed by atoms with van der Waals surface area (Å²) < 4.78 is 0. The molecule has 0 amide bonds. The van der Waals surface area contributed by atoms with Crippen LogP contribution in [-0.2, 0) is 4.79 Å². The normalized spacial score (nSPS) is 28.0. The maximum atomic E-state index is 10.9. The molecule has 1 aliphatic rings. The fourth-order valence-corrected chi connectivity index (χ4v) is 2.53. The van der Waals surface area contributed by atoms with Gasteiger partial charge in [-0.15, -0.1) is 0 Å². The van der Waals surface area contributed by atoms with Gasteiger partial charge in [0.2, 0.25) is 0 Å². The summed E-state index contributed by atoms with van der Waals surface area (Å²) in [7, 11) is 3.74. The number of carboxylic acid groups (broad SMARTS) is 1. The van der Waals surface area contributed by atoms with Gasteiger partial charge in [0.15, 0.2) is 0 Å². The molecule has 1 saturated carbocycles. The molecule has 1 fully saturated rings. The summed E-state index contributed by atoms with van der Waals surface area (Å²) in [6.45, 7) is 2.87. The van der Waals surface area contributed by atoms with Crippen molar-refractivity contribution in [2.45, 2.75) is 44.7 Å². The highest BCUT2D eigenvalue weighted by atomic mass is 16.4. The zero-order valence-corrected chi connectivity index (χ0v) is 10.6. The number of rotatable bonds is 5. The molecule has 0 aromatic rings. The van der Waals surface area contributed by atoms with E-state index in [2.05, 4.69) is 17.1 Å². The molecule has 0 bridgehead atoms. The van der Waals surface area contributed by atoms with Crippen molar-refractivity contribution in [3.05, 3.63) is 0 Å². The third-order valence-electron chi connectivity index (χ3n) is 3.65.